The second-order valence-corrected chi connectivity index (χ2v) is 7.11. The van der Waals surface area contributed by atoms with Crippen LogP contribution in [-0.4, -0.2) is 18.1 Å². The number of halogens is 3. The van der Waals surface area contributed by atoms with Crippen molar-refractivity contribution in [1.82, 2.24) is 5.32 Å². The molecule has 0 aromatic heterocycles. The fourth-order valence-corrected chi connectivity index (χ4v) is 2.34. The molecule has 0 amide bonds. The molecule has 27 heavy (non-hydrogen) atoms. The van der Waals surface area contributed by atoms with E-state index in [1.165, 1.54) is 6.07 Å². The molecule has 0 fully saturated rings. The van der Waals surface area contributed by atoms with E-state index in [2.05, 4.69) is 25.2 Å². The lowest BCUT2D eigenvalue weighted by atomic mass is 10.1. The predicted molar refractivity (Wildman–Crippen MR) is 109 cm³/mol. The second kappa shape index (κ2) is 12.7. The summed E-state index contributed by atoms with van der Waals surface area (Å²) in [5, 5.41) is 3.16. The van der Waals surface area contributed by atoms with Crippen LogP contribution in [-0.2, 0) is 17.5 Å². The Morgan fingerprint density at radius 1 is 1.22 bits per heavy atom. The highest BCUT2D eigenvalue weighted by Crippen LogP contribution is 2.29. The summed E-state index contributed by atoms with van der Waals surface area (Å²) in [4.78, 5) is 0.733. The summed E-state index contributed by atoms with van der Waals surface area (Å²) >= 11 is 5.18. The highest BCUT2D eigenvalue weighted by molar-refractivity contribution is 7.80. The van der Waals surface area contributed by atoms with Gasteiger partial charge in [-0.15, -0.1) is 0 Å². The number of hydrogen-bond donors (Lipinski definition) is 1. The van der Waals surface area contributed by atoms with Crippen LogP contribution in [0.3, 0.4) is 0 Å². The zero-order valence-electron chi connectivity index (χ0n) is 15.9. The van der Waals surface area contributed by atoms with Gasteiger partial charge >= 0.3 is 6.18 Å². The van der Waals surface area contributed by atoms with E-state index >= 15 is 0 Å². The van der Waals surface area contributed by atoms with Gasteiger partial charge in [-0.25, -0.2) is 0 Å². The summed E-state index contributed by atoms with van der Waals surface area (Å²) in [6.07, 6.45) is 6.24. The molecule has 1 aromatic rings. The normalized spacial score (nSPS) is 12.4. The number of benzene rings is 1. The number of thiocarbonyl (C=S) groups is 1. The van der Waals surface area contributed by atoms with Crippen molar-refractivity contribution in [2.24, 2.45) is 5.92 Å². The quantitative estimate of drug-likeness (QED) is 0.211. The first-order chi connectivity index (χ1) is 12.8. The van der Waals surface area contributed by atoms with Crippen molar-refractivity contribution in [2.45, 2.75) is 45.9 Å². The van der Waals surface area contributed by atoms with Gasteiger partial charge in [-0.05, 0) is 49.0 Å². The summed E-state index contributed by atoms with van der Waals surface area (Å²) in [7, 11) is 0. The number of ether oxygens (including phenoxy) is 1. The van der Waals surface area contributed by atoms with Crippen LogP contribution in [0.25, 0.3) is 0 Å². The molecule has 0 heterocycles. The predicted octanol–water partition coefficient (Wildman–Crippen LogP) is 6.08. The molecule has 0 radical (unpaired) electrons. The summed E-state index contributed by atoms with van der Waals surface area (Å²) in [5.41, 5.74) is -0.0995. The molecule has 6 heteroatoms. The lowest BCUT2D eigenvalue weighted by molar-refractivity contribution is -0.137. The molecule has 0 saturated heterocycles. The van der Waals surface area contributed by atoms with E-state index in [1.807, 2.05) is 18.2 Å². The van der Waals surface area contributed by atoms with Crippen molar-refractivity contribution in [3.8, 4) is 0 Å². The maximum atomic E-state index is 12.6. The molecule has 0 aliphatic carbocycles. The number of unbranched alkanes of at least 4 members (excludes halogenated alkanes) is 2. The van der Waals surface area contributed by atoms with E-state index < -0.39 is 11.7 Å². The summed E-state index contributed by atoms with van der Waals surface area (Å²) in [5.74, 6) is 0.558. The lowest BCUT2D eigenvalue weighted by Gasteiger charge is -2.09. The Hall–Kier alpha value is -1.66. The van der Waals surface area contributed by atoms with Gasteiger partial charge < -0.3 is 10.1 Å². The Bertz CT molecular complexity index is 624. The molecule has 0 saturated carbocycles. The summed E-state index contributed by atoms with van der Waals surface area (Å²) < 4.78 is 43.4. The van der Waals surface area contributed by atoms with Crippen molar-refractivity contribution < 1.29 is 17.9 Å². The molecule has 0 aliphatic heterocycles. The zero-order chi connectivity index (χ0) is 20.1. The Morgan fingerprint density at radius 2 is 2.00 bits per heavy atom. The Kier molecular flexibility index (Phi) is 11.0. The van der Waals surface area contributed by atoms with E-state index in [-0.39, 0.29) is 6.61 Å². The van der Waals surface area contributed by atoms with Crippen LogP contribution in [0.4, 0.5) is 13.2 Å². The minimum atomic E-state index is -4.31. The third-order valence-electron chi connectivity index (χ3n) is 3.61. The minimum Gasteiger partial charge on any atom is -0.377 e. The molecule has 0 atom stereocenters. The molecule has 0 spiro atoms. The van der Waals surface area contributed by atoms with Gasteiger partial charge in [0.15, 0.2) is 0 Å². The van der Waals surface area contributed by atoms with Crippen LogP contribution in [0.2, 0.25) is 0 Å². The van der Waals surface area contributed by atoms with Gasteiger partial charge in [0.05, 0.1) is 17.2 Å². The van der Waals surface area contributed by atoms with E-state index in [4.69, 9.17) is 17.0 Å². The number of allylic oxidation sites excluding steroid dienone is 3. The highest BCUT2D eigenvalue weighted by atomic mass is 32.1. The van der Waals surface area contributed by atoms with Crippen molar-refractivity contribution in [3.63, 3.8) is 0 Å². The van der Waals surface area contributed by atoms with Gasteiger partial charge in [-0.2, -0.15) is 13.2 Å². The average molecular weight is 400 g/mol. The monoisotopic (exact) mass is 399 g/mol. The molecule has 0 unspecified atom stereocenters. The summed E-state index contributed by atoms with van der Waals surface area (Å²) in [6, 6.07) is 5.25. The van der Waals surface area contributed by atoms with Crippen molar-refractivity contribution in [1.29, 1.82) is 0 Å². The first-order valence-corrected chi connectivity index (χ1v) is 9.55. The van der Waals surface area contributed by atoms with Crippen LogP contribution in [0, 0.1) is 5.92 Å². The van der Waals surface area contributed by atoms with Crippen molar-refractivity contribution in [2.75, 3.05) is 13.2 Å². The number of nitrogens with one attached hydrogen (secondary N) is 1. The SMILES string of the molecule is CC(C)CNC(=S)/C=C/C=C/CCCCOCc1cccc(C(F)(F)F)c1. The minimum absolute atomic E-state index is 0.198. The molecular weight excluding hydrogens is 371 g/mol. The van der Waals surface area contributed by atoms with Gasteiger partial charge in [-0.1, -0.05) is 56.4 Å². The number of rotatable bonds is 11. The molecule has 150 valence electrons. The molecule has 0 aliphatic rings. The van der Waals surface area contributed by atoms with Crippen molar-refractivity contribution in [3.05, 3.63) is 59.7 Å². The number of alkyl halides is 3. The third kappa shape index (κ3) is 11.6. The van der Waals surface area contributed by atoms with Gasteiger partial charge in [0.25, 0.3) is 0 Å². The smallest absolute Gasteiger partial charge is 0.377 e. The van der Waals surface area contributed by atoms with E-state index in [9.17, 15) is 13.2 Å². The zero-order valence-corrected chi connectivity index (χ0v) is 16.7. The molecule has 0 bridgehead atoms. The van der Waals surface area contributed by atoms with Crippen LogP contribution in [0.1, 0.15) is 44.2 Å². The fraction of sp³-hybridized carbons (Fsp3) is 0.476. The van der Waals surface area contributed by atoms with Gasteiger partial charge in [0.2, 0.25) is 0 Å². The topological polar surface area (TPSA) is 21.3 Å². The van der Waals surface area contributed by atoms with Gasteiger partial charge in [0, 0.05) is 13.2 Å². The third-order valence-corrected chi connectivity index (χ3v) is 3.89. The molecule has 1 rings (SSSR count). The Labute approximate surface area is 165 Å². The van der Waals surface area contributed by atoms with Gasteiger partial charge in [0.1, 0.15) is 0 Å². The molecular formula is C21H28F3NOS. The highest BCUT2D eigenvalue weighted by Gasteiger charge is 2.30. The van der Waals surface area contributed by atoms with Gasteiger partial charge in [-0.3, -0.25) is 0 Å². The molecule has 1 aromatic carbocycles. The van der Waals surface area contributed by atoms with Crippen molar-refractivity contribution >= 4 is 17.2 Å². The maximum absolute atomic E-state index is 12.6. The molecule has 1 N–H and O–H groups in total. The fourth-order valence-electron chi connectivity index (χ4n) is 2.18. The Morgan fingerprint density at radius 3 is 2.70 bits per heavy atom. The summed E-state index contributed by atoms with van der Waals surface area (Å²) in [6.45, 7) is 5.85. The largest absolute Gasteiger partial charge is 0.416 e. The van der Waals surface area contributed by atoms with Crippen LogP contribution < -0.4 is 5.32 Å². The Balaban J connectivity index is 2.12. The maximum Gasteiger partial charge on any atom is 0.416 e. The van der Waals surface area contributed by atoms with E-state index in [1.54, 1.807) is 6.07 Å². The lowest BCUT2D eigenvalue weighted by Crippen LogP contribution is -2.23. The van der Waals surface area contributed by atoms with Crippen LogP contribution >= 0.6 is 12.2 Å². The standard InChI is InChI=1S/C21H28F3NOS/c1-17(2)15-25-20(27)12-7-5-3-4-6-8-13-26-16-18-10-9-11-19(14-18)21(22,23)24/h3,5,7,9-12,14,17H,4,6,8,13,15-16H2,1-2H3,(H,25,27)/b5-3+,12-7+. The molecule has 2 nitrogen and oxygen atoms in total. The second-order valence-electron chi connectivity index (χ2n) is 6.67. The van der Waals surface area contributed by atoms with E-state index in [0.29, 0.717) is 18.1 Å². The van der Waals surface area contributed by atoms with E-state index in [0.717, 1.165) is 42.9 Å². The first-order valence-electron chi connectivity index (χ1n) is 9.14. The average Bonchev–Trinajstić information content (AvgIpc) is 2.61. The first kappa shape index (κ1) is 23.4. The van der Waals surface area contributed by atoms with Crippen LogP contribution in [0.15, 0.2) is 48.6 Å². The number of hydrogen-bond acceptors (Lipinski definition) is 2. The van der Waals surface area contributed by atoms with Crippen LogP contribution in [0.5, 0.6) is 0 Å².